The van der Waals surface area contributed by atoms with Crippen molar-refractivity contribution in [2.45, 2.75) is 19.4 Å². The highest BCUT2D eigenvalue weighted by Crippen LogP contribution is 2.28. The van der Waals surface area contributed by atoms with E-state index in [9.17, 15) is 10.0 Å². The second-order valence-corrected chi connectivity index (χ2v) is 5.91. The third-order valence-corrected chi connectivity index (χ3v) is 3.87. The molecule has 3 aromatic rings. The first-order valence-electron chi connectivity index (χ1n) is 7.42. The van der Waals surface area contributed by atoms with E-state index in [4.69, 9.17) is 4.74 Å². The van der Waals surface area contributed by atoms with E-state index in [1.165, 1.54) is 6.20 Å². The largest absolute Gasteiger partial charge is 0.497 e. The Hall–Kier alpha value is -3.09. The molecule has 2 N–H and O–H groups in total. The molecule has 0 spiro atoms. The highest BCUT2D eigenvalue weighted by Gasteiger charge is 2.23. The fourth-order valence-corrected chi connectivity index (χ4v) is 2.52. The van der Waals surface area contributed by atoms with Crippen LogP contribution in [0.2, 0.25) is 0 Å². The molecule has 0 saturated heterocycles. The molecule has 7 heteroatoms. The third-order valence-electron chi connectivity index (χ3n) is 3.87. The standard InChI is InChI=1S/C17H18N4O3/c1-17(2,11-6-8-12(24-3)9-7-11)20-14-13-5-4-10-18-15(13)21(23)16(22)19-14/h4-10,23H,1-3H3,(H,19,20,22). The van der Waals surface area contributed by atoms with Gasteiger partial charge in [-0.05, 0) is 43.7 Å². The molecule has 0 bridgehead atoms. The highest BCUT2D eigenvalue weighted by molar-refractivity contribution is 5.86. The number of methoxy groups -OCH3 is 1. The molecule has 0 atom stereocenters. The summed E-state index contributed by atoms with van der Waals surface area (Å²) >= 11 is 0. The molecule has 7 nitrogen and oxygen atoms in total. The quantitative estimate of drug-likeness (QED) is 0.716. The molecule has 0 aliphatic carbocycles. The van der Waals surface area contributed by atoms with Crippen LogP contribution < -0.4 is 15.7 Å². The molecule has 1 aromatic carbocycles. The molecule has 2 heterocycles. The zero-order chi connectivity index (χ0) is 17.3. The Morgan fingerprint density at radius 2 is 1.92 bits per heavy atom. The number of fused-ring (bicyclic) bond motifs is 1. The summed E-state index contributed by atoms with van der Waals surface area (Å²) in [4.78, 5) is 19.8. The van der Waals surface area contributed by atoms with Crippen LogP contribution in [0.25, 0.3) is 11.0 Å². The number of nitrogens with zero attached hydrogens (tertiary/aromatic N) is 3. The van der Waals surface area contributed by atoms with Gasteiger partial charge in [0.05, 0.1) is 18.0 Å². The van der Waals surface area contributed by atoms with Crippen LogP contribution in [0.15, 0.2) is 47.4 Å². The van der Waals surface area contributed by atoms with Gasteiger partial charge in [-0.25, -0.2) is 9.78 Å². The van der Waals surface area contributed by atoms with Crippen molar-refractivity contribution in [2.75, 3.05) is 12.4 Å². The molecule has 0 amide bonds. The second kappa shape index (κ2) is 5.84. The molecule has 24 heavy (non-hydrogen) atoms. The molecule has 0 radical (unpaired) electrons. The van der Waals surface area contributed by atoms with Gasteiger partial charge in [-0.15, -0.1) is 4.73 Å². The number of anilines is 1. The molecule has 0 unspecified atom stereocenters. The van der Waals surface area contributed by atoms with Crippen LogP contribution in [0.3, 0.4) is 0 Å². The zero-order valence-corrected chi connectivity index (χ0v) is 13.6. The normalized spacial score (nSPS) is 11.5. The van der Waals surface area contributed by atoms with Gasteiger partial charge in [-0.3, -0.25) is 0 Å². The van der Waals surface area contributed by atoms with E-state index in [2.05, 4.69) is 15.3 Å². The van der Waals surface area contributed by atoms with Crippen LogP contribution in [0.1, 0.15) is 19.4 Å². The summed E-state index contributed by atoms with van der Waals surface area (Å²) < 4.78 is 5.62. The van der Waals surface area contributed by atoms with Crippen LogP contribution >= 0.6 is 0 Å². The summed E-state index contributed by atoms with van der Waals surface area (Å²) in [5, 5.41) is 13.6. The Morgan fingerprint density at radius 3 is 2.58 bits per heavy atom. The molecule has 0 aliphatic heterocycles. The first-order valence-corrected chi connectivity index (χ1v) is 7.42. The summed E-state index contributed by atoms with van der Waals surface area (Å²) in [5.74, 6) is 1.14. The van der Waals surface area contributed by atoms with Crippen LogP contribution in [0.5, 0.6) is 5.75 Å². The fourth-order valence-electron chi connectivity index (χ4n) is 2.52. The SMILES string of the molecule is COc1ccc(C(C)(C)Nc2nc(=O)n(O)c3ncccc23)cc1. The maximum absolute atomic E-state index is 11.9. The fraction of sp³-hybridized carbons (Fsp3) is 0.235. The van der Waals surface area contributed by atoms with E-state index >= 15 is 0 Å². The minimum Gasteiger partial charge on any atom is -0.497 e. The van der Waals surface area contributed by atoms with Gasteiger partial charge < -0.3 is 15.3 Å². The monoisotopic (exact) mass is 326 g/mol. The van der Waals surface area contributed by atoms with Crippen molar-refractivity contribution >= 4 is 16.9 Å². The van der Waals surface area contributed by atoms with Crippen molar-refractivity contribution in [1.29, 1.82) is 0 Å². The summed E-state index contributed by atoms with van der Waals surface area (Å²) in [6.45, 7) is 3.95. The number of benzene rings is 1. The first-order chi connectivity index (χ1) is 11.4. The molecule has 2 aromatic heterocycles. The number of nitrogens with one attached hydrogen (secondary N) is 1. The lowest BCUT2D eigenvalue weighted by Crippen LogP contribution is -2.31. The summed E-state index contributed by atoms with van der Waals surface area (Å²) in [6, 6.07) is 11.1. The van der Waals surface area contributed by atoms with Crippen molar-refractivity contribution in [1.82, 2.24) is 14.7 Å². The summed E-state index contributed by atoms with van der Waals surface area (Å²) in [5.41, 5.74) is -0.133. The molecular weight excluding hydrogens is 308 g/mol. The number of pyridine rings is 1. The van der Waals surface area contributed by atoms with Crippen LogP contribution in [0, 0.1) is 0 Å². The van der Waals surface area contributed by atoms with Gasteiger partial charge in [0.1, 0.15) is 11.6 Å². The molecular formula is C17H18N4O3. The van der Waals surface area contributed by atoms with Crippen molar-refractivity contribution in [3.63, 3.8) is 0 Å². The van der Waals surface area contributed by atoms with Gasteiger partial charge in [-0.2, -0.15) is 4.98 Å². The minimum absolute atomic E-state index is 0.158. The van der Waals surface area contributed by atoms with E-state index in [-0.39, 0.29) is 5.65 Å². The van der Waals surface area contributed by atoms with Gasteiger partial charge in [0, 0.05) is 6.20 Å². The van der Waals surface area contributed by atoms with Crippen LogP contribution in [0.4, 0.5) is 5.82 Å². The summed E-state index contributed by atoms with van der Waals surface area (Å²) in [6.07, 6.45) is 1.51. The van der Waals surface area contributed by atoms with Gasteiger partial charge in [0.25, 0.3) is 0 Å². The average molecular weight is 326 g/mol. The van der Waals surface area contributed by atoms with E-state index in [1.54, 1.807) is 19.2 Å². The zero-order valence-electron chi connectivity index (χ0n) is 13.6. The van der Waals surface area contributed by atoms with Gasteiger partial charge in [0.2, 0.25) is 0 Å². The Morgan fingerprint density at radius 1 is 1.21 bits per heavy atom. The molecule has 0 saturated carbocycles. The Labute approximate surface area is 138 Å². The number of aromatic nitrogens is 3. The second-order valence-electron chi connectivity index (χ2n) is 5.91. The predicted octanol–water partition coefficient (Wildman–Crippen LogP) is 2.38. The van der Waals surface area contributed by atoms with Crippen LogP contribution in [-0.2, 0) is 5.54 Å². The number of hydrogen-bond acceptors (Lipinski definition) is 6. The molecule has 3 rings (SSSR count). The van der Waals surface area contributed by atoms with Crippen molar-refractivity contribution in [2.24, 2.45) is 0 Å². The Balaban J connectivity index is 2.05. The smallest absolute Gasteiger partial charge is 0.384 e. The molecule has 0 aliphatic rings. The highest BCUT2D eigenvalue weighted by atomic mass is 16.5. The maximum atomic E-state index is 11.9. The molecule has 0 fully saturated rings. The van der Waals surface area contributed by atoms with Gasteiger partial charge >= 0.3 is 5.69 Å². The predicted molar refractivity (Wildman–Crippen MR) is 90.6 cm³/mol. The average Bonchev–Trinajstić information content (AvgIpc) is 2.59. The number of ether oxygens (including phenoxy) is 1. The lowest BCUT2D eigenvalue weighted by molar-refractivity contribution is 0.182. The lowest BCUT2D eigenvalue weighted by atomic mass is 9.94. The Bertz CT molecular complexity index is 933. The topological polar surface area (TPSA) is 89.3 Å². The minimum atomic E-state index is -0.783. The lowest BCUT2D eigenvalue weighted by Gasteiger charge is -2.28. The van der Waals surface area contributed by atoms with E-state index in [1.807, 2.05) is 38.1 Å². The number of hydrogen-bond donors (Lipinski definition) is 2. The summed E-state index contributed by atoms with van der Waals surface area (Å²) in [7, 11) is 1.62. The van der Waals surface area contributed by atoms with Crippen LogP contribution in [-0.4, -0.2) is 27.0 Å². The van der Waals surface area contributed by atoms with Crippen molar-refractivity contribution in [3.8, 4) is 5.75 Å². The Kier molecular flexibility index (Phi) is 3.84. The van der Waals surface area contributed by atoms with E-state index < -0.39 is 11.2 Å². The van der Waals surface area contributed by atoms with E-state index in [0.717, 1.165) is 11.3 Å². The van der Waals surface area contributed by atoms with Crippen molar-refractivity contribution in [3.05, 3.63) is 58.6 Å². The molecule has 124 valence electrons. The van der Waals surface area contributed by atoms with Gasteiger partial charge in [-0.1, -0.05) is 12.1 Å². The van der Waals surface area contributed by atoms with Crippen molar-refractivity contribution < 1.29 is 9.94 Å². The van der Waals surface area contributed by atoms with E-state index in [0.29, 0.717) is 15.9 Å². The maximum Gasteiger partial charge on any atom is 0.384 e. The third kappa shape index (κ3) is 2.76. The first kappa shape index (κ1) is 15.8. The van der Waals surface area contributed by atoms with Gasteiger partial charge in [0.15, 0.2) is 5.65 Å². The number of rotatable bonds is 4.